The summed E-state index contributed by atoms with van der Waals surface area (Å²) in [6.45, 7) is 1.50. The van der Waals surface area contributed by atoms with Crippen LogP contribution in [-0.4, -0.2) is 6.41 Å². The minimum Gasteiger partial charge on any atom is -0.352 e. The summed E-state index contributed by atoms with van der Waals surface area (Å²) in [6.07, 6.45) is -4.01. The third-order valence-electron chi connectivity index (χ3n) is 2.05. The Balaban J connectivity index is 3.12. The first-order chi connectivity index (χ1) is 6.96. The number of amides is 1. The first-order valence-electron chi connectivity index (χ1n) is 4.32. The standard InChI is InChI=1S/C10H10F3NO/c1-7(14-6-15)8-4-2-3-5-9(8)10(11,12)13/h2-7H,1H3,(H,14,15). The molecular weight excluding hydrogens is 207 g/mol. The molecule has 1 atom stereocenters. The van der Waals surface area contributed by atoms with Gasteiger partial charge in [0.15, 0.2) is 0 Å². The van der Waals surface area contributed by atoms with Gasteiger partial charge in [-0.2, -0.15) is 13.2 Å². The molecule has 1 amide bonds. The molecule has 5 heteroatoms. The van der Waals surface area contributed by atoms with E-state index in [1.54, 1.807) is 0 Å². The molecule has 82 valence electrons. The van der Waals surface area contributed by atoms with Crippen molar-refractivity contribution in [1.29, 1.82) is 0 Å². The molecule has 0 aliphatic heterocycles. The van der Waals surface area contributed by atoms with Crippen molar-refractivity contribution >= 4 is 6.41 Å². The van der Waals surface area contributed by atoms with Crippen molar-refractivity contribution in [1.82, 2.24) is 5.32 Å². The highest BCUT2D eigenvalue weighted by Gasteiger charge is 2.33. The Morgan fingerprint density at radius 3 is 2.47 bits per heavy atom. The van der Waals surface area contributed by atoms with E-state index in [0.717, 1.165) is 6.07 Å². The highest BCUT2D eigenvalue weighted by Crippen LogP contribution is 2.34. The smallest absolute Gasteiger partial charge is 0.352 e. The van der Waals surface area contributed by atoms with E-state index in [2.05, 4.69) is 5.32 Å². The van der Waals surface area contributed by atoms with Crippen LogP contribution in [-0.2, 0) is 11.0 Å². The van der Waals surface area contributed by atoms with Gasteiger partial charge in [-0.1, -0.05) is 18.2 Å². The molecule has 1 unspecified atom stereocenters. The van der Waals surface area contributed by atoms with Crippen LogP contribution in [0.1, 0.15) is 24.1 Å². The van der Waals surface area contributed by atoms with Crippen molar-refractivity contribution in [2.75, 3.05) is 0 Å². The third kappa shape index (κ3) is 2.71. The molecule has 1 rings (SSSR count). The molecule has 0 aliphatic rings. The zero-order valence-electron chi connectivity index (χ0n) is 8.01. The van der Waals surface area contributed by atoms with Gasteiger partial charge < -0.3 is 5.32 Å². The van der Waals surface area contributed by atoms with E-state index in [4.69, 9.17) is 0 Å². The van der Waals surface area contributed by atoms with E-state index in [-0.39, 0.29) is 5.56 Å². The van der Waals surface area contributed by atoms with Gasteiger partial charge in [0, 0.05) is 0 Å². The highest BCUT2D eigenvalue weighted by atomic mass is 19.4. The summed E-state index contributed by atoms with van der Waals surface area (Å²) in [5.74, 6) is 0. The number of carbonyl (C=O) groups excluding carboxylic acids is 1. The quantitative estimate of drug-likeness (QED) is 0.774. The fourth-order valence-corrected chi connectivity index (χ4v) is 1.32. The Morgan fingerprint density at radius 2 is 1.93 bits per heavy atom. The van der Waals surface area contributed by atoms with Crippen LogP contribution in [0.4, 0.5) is 13.2 Å². The molecule has 0 radical (unpaired) electrons. The maximum absolute atomic E-state index is 12.5. The Bertz CT molecular complexity index is 349. The van der Waals surface area contributed by atoms with Gasteiger partial charge in [-0.25, -0.2) is 0 Å². The van der Waals surface area contributed by atoms with Crippen molar-refractivity contribution < 1.29 is 18.0 Å². The summed E-state index contributed by atoms with van der Waals surface area (Å²) in [6, 6.07) is 4.52. The molecule has 2 nitrogen and oxygen atoms in total. The van der Waals surface area contributed by atoms with Gasteiger partial charge in [-0.3, -0.25) is 4.79 Å². The van der Waals surface area contributed by atoms with Crippen LogP contribution >= 0.6 is 0 Å². The lowest BCUT2D eigenvalue weighted by atomic mass is 10.0. The number of alkyl halides is 3. The van der Waals surface area contributed by atoms with Crippen LogP contribution in [0.15, 0.2) is 24.3 Å². The number of hydrogen-bond acceptors (Lipinski definition) is 1. The van der Waals surface area contributed by atoms with Gasteiger partial charge in [0.2, 0.25) is 6.41 Å². The number of halogens is 3. The molecular formula is C10H10F3NO. The minimum absolute atomic E-state index is 0.0668. The van der Waals surface area contributed by atoms with Crippen molar-refractivity contribution in [2.45, 2.75) is 19.1 Å². The SMILES string of the molecule is CC(NC=O)c1ccccc1C(F)(F)F. The van der Waals surface area contributed by atoms with E-state index >= 15 is 0 Å². The largest absolute Gasteiger partial charge is 0.416 e. The van der Waals surface area contributed by atoms with E-state index in [1.807, 2.05) is 0 Å². The van der Waals surface area contributed by atoms with Gasteiger partial charge in [0.1, 0.15) is 0 Å². The highest BCUT2D eigenvalue weighted by molar-refractivity contribution is 5.48. The van der Waals surface area contributed by atoms with Crippen LogP contribution in [0.2, 0.25) is 0 Å². The van der Waals surface area contributed by atoms with Crippen molar-refractivity contribution in [3.8, 4) is 0 Å². The van der Waals surface area contributed by atoms with Crippen molar-refractivity contribution in [2.24, 2.45) is 0 Å². The Morgan fingerprint density at radius 1 is 1.33 bits per heavy atom. The molecule has 0 spiro atoms. The number of benzene rings is 1. The minimum atomic E-state index is -4.39. The average molecular weight is 217 g/mol. The molecule has 1 N–H and O–H groups in total. The number of rotatable bonds is 3. The normalized spacial score (nSPS) is 13.3. The van der Waals surface area contributed by atoms with Gasteiger partial charge in [-0.05, 0) is 18.6 Å². The Labute approximate surface area is 85.1 Å². The van der Waals surface area contributed by atoms with Crippen LogP contribution in [0.25, 0.3) is 0 Å². The lowest BCUT2D eigenvalue weighted by Gasteiger charge is -2.17. The molecule has 1 aromatic rings. The predicted octanol–water partition coefficient (Wildman–Crippen LogP) is 2.51. The summed E-state index contributed by atoms with van der Waals surface area (Å²) >= 11 is 0. The molecule has 0 heterocycles. The van der Waals surface area contributed by atoms with E-state index in [1.165, 1.54) is 25.1 Å². The molecule has 0 saturated carbocycles. The molecule has 0 saturated heterocycles. The molecule has 0 fully saturated rings. The fourth-order valence-electron chi connectivity index (χ4n) is 1.32. The monoisotopic (exact) mass is 217 g/mol. The van der Waals surface area contributed by atoms with Gasteiger partial charge >= 0.3 is 6.18 Å². The maximum atomic E-state index is 12.5. The van der Waals surface area contributed by atoms with E-state index in [0.29, 0.717) is 6.41 Å². The van der Waals surface area contributed by atoms with Gasteiger partial charge in [-0.15, -0.1) is 0 Å². The molecule has 15 heavy (non-hydrogen) atoms. The average Bonchev–Trinajstić information content (AvgIpc) is 2.17. The first kappa shape index (κ1) is 11.6. The van der Waals surface area contributed by atoms with E-state index in [9.17, 15) is 18.0 Å². The zero-order valence-corrected chi connectivity index (χ0v) is 8.01. The summed E-state index contributed by atoms with van der Waals surface area (Å²) in [5, 5.41) is 2.29. The number of hydrogen-bond donors (Lipinski definition) is 1. The van der Waals surface area contributed by atoms with Crippen LogP contribution in [0.3, 0.4) is 0 Å². The molecule has 0 aromatic heterocycles. The summed E-state index contributed by atoms with van der Waals surface area (Å²) in [4.78, 5) is 10.2. The zero-order chi connectivity index (χ0) is 11.5. The second-order valence-electron chi connectivity index (χ2n) is 3.09. The topological polar surface area (TPSA) is 29.1 Å². The molecule has 0 bridgehead atoms. The summed E-state index contributed by atoms with van der Waals surface area (Å²) in [5.41, 5.74) is -0.649. The van der Waals surface area contributed by atoms with Crippen LogP contribution in [0, 0.1) is 0 Å². The number of nitrogens with one attached hydrogen (secondary N) is 1. The maximum Gasteiger partial charge on any atom is 0.416 e. The van der Waals surface area contributed by atoms with E-state index < -0.39 is 17.8 Å². The summed E-state index contributed by atoms with van der Waals surface area (Å²) < 4.78 is 37.6. The Hall–Kier alpha value is -1.52. The molecule has 1 aromatic carbocycles. The number of carbonyl (C=O) groups is 1. The van der Waals surface area contributed by atoms with Crippen LogP contribution in [0.5, 0.6) is 0 Å². The van der Waals surface area contributed by atoms with Crippen LogP contribution < -0.4 is 5.32 Å². The third-order valence-corrected chi connectivity index (χ3v) is 2.05. The van der Waals surface area contributed by atoms with Gasteiger partial charge in [0.25, 0.3) is 0 Å². The molecule has 0 aliphatic carbocycles. The summed E-state index contributed by atoms with van der Waals surface area (Å²) in [7, 11) is 0. The Kier molecular flexibility index (Phi) is 3.34. The first-order valence-corrected chi connectivity index (χ1v) is 4.32. The second-order valence-corrected chi connectivity index (χ2v) is 3.09. The second kappa shape index (κ2) is 4.33. The fraction of sp³-hybridized carbons (Fsp3) is 0.300. The van der Waals surface area contributed by atoms with Crippen molar-refractivity contribution in [3.05, 3.63) is 35.4 Å². The van der Waals surface area contributed by atoms with Gasteiger partial charge in [0.05, 0.1) is 11.6 Å². The lowest BCUT2D eigenvalue weighted by Crippen LogP contribution is -2.20. The lowest BCUT2D eigenvalue weighted by molar-refractivity contribution is -0.138. The predicted molar refractivity (Wildman–Crippen MR) is 49.1 cm³/mol. The van der Waals surface area contributed by atoms with Crippen molar-refractivity contribution in [3.63, 3.8) is 0 Å².